The van der Waals surface area contributed by atoms with Crippen LogP contribution in [0, 0.1) is 0 Å². The van der Waals surface area contributed by atoms with Crippen LogP contribution >= 0.6 is 11.3 Å². The van der Waals surface area contributed by atoms with Crippen molar-refractivity contribution in [2.45, 2.75) is 18.0 Å². The fraction of sp³-hybridized carbons (Fsp3) is 0.250. The van der Waals surface area contributed by atoms with Crippen molar-refractivity contribution in [3.63, 3.8) is 0 Å². The minimum atomic E-state index is -3.59. The molecule has 8 heteroatoms. The predicted octanol–water partition coefficient (Wildman–Crippen LogP) is 1.09. The van der Waals surface area contributed by atoms with Crippen LogP contribution in [0.15, 0.2) is 34.7 Å². The number of sulfonamides is 1. The van der Waals surface area contributed by atoms with Crippen LogP contribution in [-0.4, -0.2) is 20.5 Å². The van der Waals surface area contributed by atoms with Crippen molar-refractivity contribution >= 4 is 21.4 Å². The van der Waals surface area contributed by atoms with Crippen molar-refractivity contribution in [3.05, 3.63) is 40.3 Å². The van der Waals surface area contributed by atoms with Gasteiger partial charge in [-0.2, -0.15) is 0 Å². The van der Waals surface area contributed by atoms with Gasteiger partial charge in [-0.3, -0.25) is 0 Å². The van der Waals surface area contributed by atoms with Gasteiger partial charge in [0.25, 0.3) is 0 Å². The number of nitrogens with two attached hydrogens (primary N) is 1. The minimum Gasteiger partial charge on any atom is -0.496 e. The molecular formula is C12H15N3O3S2. The van der Waals surface area contributed by atoms with E-state index in [4.69, 9.17) is 10.5 Å². The quantitative estimate of drug-likeness (QED) is 0.832. The molecule has 0 aliphatic heterocycles. The third-order valence-corrected chi connectivity index (χ3v) is 4.86. The van der Waals surface area contributed by atoms with Gasteiger partial charge in [-0.25, -0.2) is 18.1 Å². The summed E-state index contributed by atoms with van der Waals surface area (Å²) in [6, 6.07) is 4.60. The summed E-state index contributed by atoms with van der Waals surface area (Å²) in [7, 11) is -2.07. The zero-order chi connectivity index (χ0) is 14.6. The smallest absolute Gasteiger partial charge is 0.240 e. The standard InChI is InChI=1S/C12H15N3O3S2/c1-18-11-3-2-10(6-9(11)7-13)20(16,17)15-8-12-14-4-5-19-12/h2-6,15H,7-8,13H2,1H3. The molecule has 0 aliphatic carbocycles. The van der Waals surface area contributed by atoms with Crippen molar-refractivity contribution in [1.82, 2.24) is 9.71 Å². The van der Waals surface area contributed by atoms with Crippen molar-refractivity contribution < 1.29 is 13.2 Å². The van der Waals surface area contributed by atoms with E-state index < -0.39 is 10.0 Å². The van der Waals surface area contributed by atoms with Crippen molar-refractivity contribution in [1.29, 1.82) is 0 Å². The van der Waals surface area contributed by atoms with Crippen LogP contribution in [0.5, 0.6) is 5.75 Å². The van der Waals surface area contributed by atoms with E-state index in [1.807, 2.05) is 0 Å². The van der Waals surface area contributed by atoms with Gasteiger partial charge < -0.3 is 10.5 Å². The largest absolute Gasteiger partial charge is 0.496 e. The maximum Gasteiger partial charge on any atom is 0.240 e. The summed E-state index contributed by atoms with van der Waals surface area (Å²) >= 11 is 1.39. The maximum absolute atomic E-state index is 12.2. The molecule has 20 heavy (non-hydrogen) atoms. The fourth-order valence-corrected chi connectivity index (χ4v) is 3.35. The minimum absolute atomic E-state index is 0.162. The van der Waals surface area contributed by atoms with Crippen LogP contribution in [0.1, 0.15) is 10.6 Å². The molecule has 0 atom stereocenters. The third kappa shape index (κ3) is 3.34. The molecule has 0 amide bonds. The zero-order valence-electron chi connectivity index (χ0n) is 10.9. The van der Waals surface area contributed by atoms with Crippen molar-refractivity contribution in [3.8, 4) is 5.75 Å². The van der Waals surface area contributed by atoms with E-state index in [0.29, 0.717) is 16.3 Å². The first-order chi connectivity index (χ1) is 9.56. The van der Waals surface area contributed by atoms with Gasteiger partial charge in [0.2, 0.25) is 10.0 Å². The van der Waals surface area contributed by atoms with Crippen LogP contribution in [0.25, 0.3) is 0 Å². The first kappa shape index (κ1) is 14.9. The number of nitrogens with zero attached hydrogens (tertiary/aromatic N) is 1. The normalized spacial score (nSPS) is 11.5. The lowest BCUT2D eigenvalue weighted by Crippen LogP contribution is -2.23. The van der Waals surface area contributed by atoms with Crippen molar-refractivity contribution in [2.75, 3.05) is 7.11 Å². The summed E-state index contributed by atoms with van der Waals surface area (Å²) in [6.45, 7) is 0.378. The Morgan fingerprint density at radius 1 is 1.45 bits per heavy atom. The summed E-state index contributed by atoms with van der Waals surface area (Å²) in [5, 5.41) is 2.50. The average Bonchev–Trinajstić information content (AvgIpc) is 2.97. The second-order valence-electron chi connectivity index (χ2n) is 3.93. The van der Waals surface area contributed by atoms with Gasteiger partial charge in [-0.15, -0.1) is 11.3 Å². The maximum atomic E-state index is 12.2. The van der Waals surface area contributed by atoms with Crippen LogP contribution in [-0.2, 0) is 23.1 Å². The molecule has 0 radical (unpaired) electrons. The third-order valence-electron chi connectivity index (χ3n) is 2.68. The molecule has 0 saturated heterocycles. The molecule has 0 bridgehead atoms. The van der Waals surface area contributed by atoms with E-state index in [1.54, 1.807) is 17.6 Å². The molecule has 0 aliphatic rings. The van der Waals surface area contributed by atoms with Crippen LogP contribution in [0.3, 0.4) is 0 Å². The van der Waals surface area contributed by atoms with E-state index in [-0.39, 0.29) is 18.0 Å². The van der Waals surface area contributed by atoms with Crippen LogP contribution in [0.2, 0.25) is 0 Å². The molecule has 0 spiro atoms. The lowest BCUT2D eigenvalue weighted by Gasteiger charge is -2.10. The Kier molecular flexibility index (Phi) is 4.71. The summed E-state index contributed by atoms with van der Waals surface area (Å²) in [6.07, 6.45) is 1.63. The molecule has 1 aromatic carbocycles. The number of rotatable bonds is 6. The second-order valence-corrected chi connectivity index (χ2v) is 6.67. The monoisotopic (exact) mass is 313 g/mol. The van der Waals surface area contributed by atoms with Crippen LogP contribution < -0.4 is 15.2 Å². The summed E-state index contributed by atoms with van der Waals surface area (Å²) in [5.41, 5.74) is 6.23. The molecule has 0 unspecified atom stereocenters. The van der Waals surface area contributed by atoms with Gasteiger partial charge in [0.1, 0.15) is 10.8 Å². The lowest BCUT2D eigenvalue weighted by molar-refractivity contribution is 0.409. The molecule has 108 valence electrons. The molecule has 1 heterocycles. The number of benzene rings is 1. The lowest BCUT2D eigenvalue weighted by atomic mass is 10.2. The Balaban J connectivity index is 2.20. The van der Waals surface area contributed by atoms with E-state index in [1.165, 1.54) is 30.6 Å². The number of hydrogen-bond acceptors (Lipinski definition) is 6. The number of methoxy groups -OCH3 is 1. The highest BCUT2D eigenvalue weighted by atomic mass is 32.2. The molecule has 2 aromatic rings. The highest BCUT2D eigenvalue weighted by molar-refractivity contribution is 7.89. The van der Waals surface area contributed by atoms with E-state index >= 15 is 0 Å². The summed E-state index contributed by atoms with van der Waals surface area (Å²) in [4.78, 5) is 4.19. The SMILES string of the molecule is COc1ccc(S(=O)(=O)NCc2nccs2)cc1CN. The summed E-state index contributed by atoms with van der Waals surface area (Å²) in [5.74, 6) is 0.575. The van der Waals surface area contributed by atoms with Gasteiger partial charge in [0.05, 0.1) is 18.6 Å². The van der Waals surface area contributed by atoms with E-state index in [0.717, 1.165) is 0 Å². The van der Waals surface area contributed by atoms with E-state index in [2.05, 4.69) is 9.71 Å². The Labute approximate surface area is 121 Å². The first-order valence-electron chi connectivity index (χ1n) is 5.82. The highest BCUT2D eigenvalue weighted by Gasteiger charge is 2.16. The van der Waals surface area contributed by atoms with Gasteiger partial charge in [-0.05, 0) is 18.2 Å². The Hall–Kier alpha value is -1.48. The van der Waals surface area contributed by atoms with Crippen molar-refractivity contribution in [2.24, 2.45) is 5.73 Å². The first-order valence-corrected chi connectivity index (χ1v) is 8.18. The Morgan fingerprint density at radius 2 is 2.25 bits per heavy atom. The van der Waals surface area contributed by atoms with Gasteiger partial charge >= 0.3 is 0 Å². The molecule has 2 rings (SSSR count). The van der Waals surface area contributed by atoms with E-state index in [9.17, 15) is 8.42 Å². The number of nitrogens with one attached hydrogen (secondary N) is 1. The topological polar surface area (TPSA) is 94.3 Å². The predicted molar refractivity (Wildman–Crippen MR) is 77.0 cm³/mol. The number of aromatic nitrogens is 1. The van der Waals surface area contributed by atoms with Gasteiger partial charge in [0, 0.05) is 23.7 Å². The number of hydrogen-bond donors (Lipinski definition) is 2. The highest BCUT2D eigenvalue weighted by Crippen LogP contribution is 2.22. The Bertz CT molecular complexity index is 669. The van der Waals surface area contributed by atoms with Gasteiger partial charge in [-0.1, -0.05) is 0 Å². The fourth-order valence-electron chi connectivity index (χ4n) is 1.66. The molecular weight excluding hydrogens is 298 g/mol. The van der Waals surface area contributed by atoms with Gasteiger partial charge in [0.15, 0.2) is 0 Å². The summed E-state index contributed by atoms with van der Waals surface area (Å²) < 4.78 is 32.0. The molecule has 6 nitrogen and oxygen atoms in total. The molecule has 3 N–H and O–H groups in total. The molecule has 0 fully saturated rings. The number of ether oxygens (including phenoxy) is 1. The second kappa shape index (κ2) is 6.31. The molecule has 1 aromatic heterocycles. The Morgan fingerprint density at radius 3 is 2.85 bits per heavy atom. The average molecular weight is 313 g/mol. The zero-order valence-corrected chi connectivity index (χ0v) is 12.5. The van der Waals surface area contributed by atoms with Crippen LogP contribution in [0.4, 0.5) is 0 Å². The number of thiazole rings is 1. The molecule has 0 saturated carbocycles.